The van der Waals surface area contributed by atoms with Gasteiger partial charge in [-0.25, -0.2) is 18.2 Å². The highest BCUT2D eigenvalue weighted by Gasteiger charge is 2.37. The number of benzene rings is 1. The Bertz CT molecular complexity index is 1300. The predicted molar refractivity (Wildman–Crippen MR) is 118 cm³/mol. The molecule has 0 fully saturated rings. The van der Waals surface area contributed by atoms with E-state index >= 15 is 0 Å². The van der Waals surface area contributed by atoms with Crippen LogP contribution in [0.25, 0.3) is 10.2 Å². The fourth-order valence-corrected chi connectivity index (χ4v) is 6.23. The van der Waals surface area contributed by atoms with Crippen molar-refractivity contribution in [3.05, 3.63) is 64.4 Å². The van der Waals surface area contributed by atoms with E-state index in [0.29, 0.717) is 32.7 Å². The summed E-state index contributed by atoms with van der Waals surface area (Å²) in [5.74, 6) is 0. The van der Waals surface area contributed by atoms with Crippen molar-refractivity contribution in [2.75, 3.05) is 26.2 Å². The molecule has 0 saturated carbocycles. The number of urea groups is 1. The van der Waals surface area contributed by atoms with Crippen molar-refractivity contribution in [3.63, 3.8) is 0 Å². The molecule has 3 aromatic rings. The van der Waals surface area contributed by atoms with E-state index in [1.165, 1.54) is 15.6 Å². The number of fused-ring (bicyclic) bond motifs is 1. The monoisotopic (exact) mass is 455 g/mol. The molecule has 2 aliphatic heterocycles. The van der Waals surface area contributed by atoms with Gasteiger partial charge in [0.15, 0.2) is 0 Å². The Labute approximate surface area is 184 Å². The number of rotatable bonds is 4. The predicted octanol–water partition coefficient (Wildman–Crippen LogP) is 2.53. The number of thiazole rings is 1. The van der Waals surface area contributed by atoms with E-state index in [1.807, 2.05) is 25.1 Å². The van der Waals surface area contributed by atoms with E-state index in [4.69, 9.17) is 0 Å². The average molecular weight is 456 g/mol. The van der Waals surface area contributed by atoms with Crippen LogP contribution in [0.15, 0.2) is 58.0 Å². The second-order valence-electron chi connectivity index (χ2n) is 7.75. The number of carbonyl (C=O) groups is 1. The molecular weight excluding hydrogens is 434 g/mol. The fraction of sp³-hybridized carbons (Fsp3) is 0.286. The van der Waals surface area contributed by atoms with Gasteiger partial charge in [-0.3, -0.25) is 4.98 Å². The second-order valence-corrected chi connectivity index (χ2v) is 10.6. The molecule has 160 valence electrons. The van der Waals surface area contributed by atoms with Gasteiger partial charge in [-0.05, 0) is 48.4 Å². The number of sulfonamides is 1. The molecule has 2 amide bonds. The van der Waals surface area contributed by atoms with Gasteiger partial charge in [-0.2, -0.15) is 4.31 Å². The number of aryl methyl sites for hydroxylation is 1. The maximum absolute atomic E-state index is 13.1. The van der Waals surface area contributed by atoms with Crippen molar-refractivity contribution in [1.29, 1.82) is 0 Å². The third-order valence-electron chi connectivity index (χ3n) is 5.59. The lowest BCUT2D eigenvalue weighted by Crippen LogP contribution is -2.41. The molecule has 0 radical (unpaired) electrons. The molecule has 2 aliphatic rings. The number of nitrogens with one attached hydrogen (secondary N) is 1. The summed E-state index contributed by atoms with van der Waals surface area (Å²) in [6.45, 7) is 3.81. The van der Waals surface area contributed by atoms with Crippen molar-refractivity contribution in [2.45, 2.75) is 18.4 Å². The van der Waals surface area contributed by atoms with Crippen molar-refractivity contribution in [1.82, 2.24) is 24.5 Å². The van der Waals surface area contributed by atoms with Gasteiger partial charge < -0.3 is 10.2 Å². The third-order valence-corrected chi connectivity index (χ3v) is 8.17. The van der Waals surface area contributed by atoms with Crippen LogP contribution in [0.5, 0.6) is 0 Å². The number of pyridine rings is 1. The van der Waals surface area contributed by atoms with Crippen LogP contribution in [-0.2, 0) is 16.6 Å². The topological polar surface area (TPSA) is 95.5 Å². The van der Waals surface area contributed by atoms with Crippen LogP contribution in [0.3, 0.4) is 0 Å². The molecule has 5 rings (SSSR count). The Balaban J connectivity index is 1.21. The van der Waals surface area contributed by atoms with Crippen LogP contribution in [0.1, 0.15) is 11.4 Å². The van der Waals surface area contributed by atoms with E-state index < -0.39 is 10.0 Å². The van der Waals surface area contributed by atoms with E-state index in [2.05, 4.69) is 15.3 Å². The zero-order chi connectivity index (χ0) is 21.6. The molecule has 0 unspecified atom stereocenters. The van der Waals surface area contributed by atoms with E-state index in [0.717, 1.165) is 32.8 Å². The minimum atomic E-state index is -3.59. The van der Waals surface area contributed by atoms with Crippen LogP contribution in [0, 0.1) is 6.92 Å². The Kier molecular flexibility index (Phi) is 4.99. The van der Waals surface area contributed by atoms with Gasteiger partial charge in [0.2, 0.25) is 10.0 Å². The molecule has 0 bridgehead atoms. The molecule has 10 heteroatoms. The summed E-state index contributed by atoms with van der Waals surface area (Å²) in [5.41, 5.74) is 6.24. The van der Waals surface area contributed by atoms with Crippen molar-refractivity contribution in [3.8, 4) is 0 Å². The molecule has 1 aromatic carbocycles. The van der Waals surface area contributed by atoms with E-state index in [-0.39, 0.29) is 10.9 Å². The lowest BCUT2D eigenvalue weighted by molar-refractivity contribution is 0.207. The van der Waals surface area contributed by atoms with Gasteiger partial charge in [-0.1, -0.05) is 6.07 Å². The molecule has 0 aliphatic carbocycles. The summed E-state index contributed by atoms with van der Waals surface area (Å²) in [6, 6.07) is 10.6. The largest absolute Gasteiger partial charge is 0.332 e. The Hall–Kier alpha value is -2.82. The highest BCUT2D eigenvalue weighted by atomic mass is 32.2. The Morgan fingerprint density at radius 3 is 2.65 bits per heavy atom. The van der Waals surface area contributed by atoms with Crippen LogP contribution < -0.4 is 5.32 Å². The van der Waals surface area contributed by atoms with Crippen LogP contribution in [0.4, 0.5) is 4.79 Å². The van der Waals surface area contributed by atoms with Crippen LogP contribution >= 0.6 is 11.3 Å². The van der Waals surface area contributed by atoms with Gasteiger partial charge in [0, 0.05) is 31.9 Å². The average Bonchev–Trinajstić information content (AvgIpc) is 3.46. The molecule has 2 aromatic heterocycles. The standard InChI is InChI=1S/C21H21N5O3S2/c1-14-3-2-4-17(24-14)8-22-21(27)25-9-15-11-26(12-16(15)10-25)31(28,29)18-5-6-19-20(7-18)30-13-23-19/h2-7,13H,8-12H2,1H3,(H,22,27). The maximum Gasteiger partial charge on any atom is 0.318 e. The minimum Gasteiger partial charge on any atom is -0.332 e. The third kappa shape index (κ3) is 3.82. The number of amides is 2. The number of hydrogen-bond donors (Lipinski definition) is 1. The van der Waals surface area contributed by atoms with Crippen molar-refractivity contribution in [2.24, 2.45) is 0 Å². The quantitative estimate of drug-likeness (QED) is 0.610. The van der Waals surface area contributed by atoms with Crippen molar-refractivity contribution >= 4 is 37.6 Å². The smallest absolute Gasteiger partial charge is 0.318 e. The first-order valence-corrected chi connectivity index (χ1v) is 12.2. The molecule has 0 atom stereocenters. The number of carbonyl (C=O) groups excluding carboxylic acids is 1. The fourth-order valence-electron chi connectivity index (χ4n) is 3.98. The molecule has 0 saturated heterocycles. The lowest BCUT2D eigenvalue weighted by Gasteiger charge is -2.23. The maximum atomic E-state index is 13.1. The first kappa shape index (κ1) is 20.1. The number of aromatic nitrogens is 2. The van der Waals surface area contributed by atoms with Gasteiger partial charge >= 0.3 is 6.03 Å². The SMILES string of the molecule is Cc1cccc(CNC(=O)N2CC3=C(C2)CN(S(=O)(=O)c2ccc4ncsc4c2)C3)n1. The van der Waals surface area contributed by atoms with E-state index in [9.17, 15) is 13.2 Å². The molecular formula is C21H21N5O3S2. The Morgan fingerprint density at radius 2 is 1.90 bits per heavy atom. The molecule has 0 spiro atoms. The summed E-state index contributed by atoms with van der Waals surface area (Å²) >= 11 is 1.42. The van der Waals surface area contributed by atoms with Gasteiger partial charge in [0.25, 0.3) is 0 Å². The minimum absolute atomic E-state index is 0.164. The summed E-state index contributed by atoms with van der Waals surface area (Å²) < 4.78 is 28.6. The van der Waals surface area contributed by atoms with Crippen molar-refractivity contribution < 1.29 is 13.2 Å². The summed E-state index contributed by atoms with van der Waals surface area (Å²) in [5, 5.41) is 2.90. The van der Waals surface area contributed by atoms with Gasteiger partial charge in [0.1, 0.15) is 0 Å². The van der Waals surface area contributed by atoms with Crippen LogP contribution in [-0.4, -0.2) is 59.8 Å². The molecule has 31 heavy (non-hydrogen) atoms. The van der Waals surface area contributed by atoms with Gasteiger partial charge in [0.05, 0.1) is 32.9 Å². The highest BCUT2D eigenvalue weighted by Crippen LogP contribution is 2.31. The summed E-state index contributed by atoms with van der Waals surface area (Å²) in [7, 11) is -3.59. The van der Waals surface area contributed by atoms with E-state index in [1.54, 1.807) is 28.6 Å². The summed E-state index contributed by atoms with van der Waals surface area (Å²) in [6.07, 6.45) is 0. The lowest BCUT2D eigenvalue weighted by atomic mass is 10.2. The zero-order valence-electron chi connectivity index (χ0n) is 16.9. The second kappa shape index (κ2) is 7.70. The zero-order valence-corrected chi connectivity index (χ0v) is 18.5. The Morgan fingerprint density at radius 1 is 1.13 bits per heavy atom. The first-order valence-electron chi connectivity index (χ1n) is 9.88. The highest BCUT2D eigenvalue weighted by molar-refractivity contribution is 7.89. The van der Waals surface area contributed by atoms with Crippen LogP contribution in [0.2, 0.25) is 0 Å². The number of nitrogens with zero attached hydrogens (tertiary/aromatic N) is 4. The molecule has 8 nitrogen and oxygen atoms in total. The van der Waals surface area contributed by atoms with Gasteiger partial charge in [-0.15, -0.1) is 11.3 Å². The number of hydrogen-bond acceptors (Lipinski definition) is 6. The summed E-state index contributed by atoms with van der Waals surface area (Å²) in [4.78, 5) is 23.2. The normalized spacial score (nSPS) is 16.9. The molecule has 4 heterocycles. The molecule has 1 N–H and O–H groups in total. The first-order chi connectivity index (χ1) is 14.9.